The van der Waals surface area contributed by atoms with Crippen molar-refractivity contribution < 1.29 is 17.9 Å². The third-order valence-corrected chi connectivity index (χ3v) is 3.07. The Labute approximate surface area is 115 Å². The van der Waals surface area contributed by atoms with Crippen LogP contribution < -0.4 is 10.5 Å². The smallest absolute Gasteiger partial charge is 0.417 e. The molecule has 0 unspecified atom stereocenters. The molecule has 1 aromatic heterocycles. The molecule has 2 rings (SSSR count). The SMILES string of the molecule is Cl.N[C@H]1CC[C@H](Oc2ccc(C(F)(F)F)cn2)CC1. The van der Waals surface area contributed by atoms with Gasteiger partial charge in [-0.1, -0.05) is 0 Å². The van der Waals surface area contributed by atoms with E-state index >= 15 is 0 Å². The highest BCUT2D eigenvalue weighted by molar-refractivity contribution is 5.85. The number of halogens is 4. The molecule has 1 aliphatic carbocycles. The van der Waals surface area contributed by atoms with E-state index in [4.69, 9.17) is 10.5 Å². The molecule has 0 aliphatic heterocycles. The second-order valence-electron chi connectivity index (χ2n) is 4.54. The molecule has 1 aromatic rings. The lowest BCUT2D eigenvalue weighted by atomic mass is 9.94. The molecule has 1 fully saturated rings. The molecule has 1 saturated carbocycles. The van der Waals surface area contributed by atoms with E-state index in [-0.39, 0.29) is 30.4 Å². The summed E-state index contributed by atoms with van der Waals surface area (Å²) in [5.41, 5.74) is 5.00. The van der Waals surface area contributed by atoms with Gasteiger partial charge in [0.15, 0.2) is 0 Å². The van der Waals surface area contributed by atoms with Crippen LogP contribution >= 0.6 is 12.4 Å². The third-order valence-electron chi connectivity index (χ3n) is 3.07. The lowest BCUT2D eigenvalue weighted by Crippen LogP contribution is -2.31. The van der Waals surface area contributed by atoms with Crippen molar-refractivity contribution in [2.45, 2.75) is 44.0 Å². The van der Waals surface area contributed by atoms with Gasteiger partial charge in [-0.2, -0.15) is 13.2 Å². The first-order valence-electron chi connectivity index (χ1n) is 5.90. The van der Waals surface area contributed by atoms with Crippen LogP contribution in [0.15, 0.2) is 18.3 Å². The van der Waals surface area contributed by atoms with Crippen LogP contribution in [0.1, 0.15) is 31.2 Å². The zero-order chi connectivity index (χ0) is 13.2. The largest absolute Gasteiger partial charge is 0.474 e. The highest BCUT2D eigenvalue weighted by Crippen LogP contribution is 2.29. The average Bonchev–Trinajstić information content (AvgIpc) is 2.32. The van der Waals surface area contributed by atoms with Crippen molar-refractivity contribution in [2.75, 3.05) is 0 Å². The predicted molar refractivity (Wildman–Crippen MR) is 67.3 cm³/mol. The molecule has 0 amide bonds. The van der Waals surface area contributed by atoms with Gasteiger partial charge in [0.05, 0.1) is 5.56 Å². The molecule has 0 bridgehead atoms. The van der Waals surface area contributed by atoms with Crippen molar-refractivity contribution in [3.8, 4) is 5.88 Å². The lowest BCUT2D eigenvalue weighted by molar-refractivity contribution is -0.137. The number of nitrogens with zero attached hydrogens (tertiary/aromatic N) is 1. The van der Waals surface area contributed by atoms with Gasteiger partial charge in [-0.3, -0.25) is 0 Å². The zero-order valence-electron chi connectivity index (χ0n) is 10.2. The number of ether oxygens (including phenoxy) is 1. The minimum absolute atomic E-state index is 0. The summed E-state index contributed by atoms with van der Waals surface area (Å²) in [5, 5.41) is 0. The van der Waals surface area contributed by atoms with Crippen LogP contribution in [0.25, 0.3) is 0 Å². The van der Waals surface area contributed by atoms with Gasteiger partial charge in [0, 0.05) is 18.3 Å². The molecule has 3 nitrogen and oxygen atoms in total. The number of aromatic nitrogens is 1. The summed E-state index contributed by atoms with van der Waals surface area (Å²) in [6, 6.07) is 2.46. The van der Waals surface area contributed by atoms with Gasteiger partial charge in [0.25, 0.3) is 0 Å². The molecular formula is C12H16ClF3N2O. The maximum atomic E-state index is 12.3. The number of alkyl halides is 3. The van der Waals surface area contributed by atoms with Crippen molar-refractivity contribution in [1.29, 1.82) is 0 Å². The summed E-state index contributed by atoms with van der Waals surface area (Å²) in [7, 11) is 0. The van der Waals surface area contributed by atoms with Crippen LogP contribution in [0.2, 0.25) is 0 Å². The van der Waals surface area contributed by atoms with E-state index in [2.05, 4.69) is 4.98 Å². The summed E-state index contributed by atoms with van der Waals surface area (Å²) in [6.45, 7) is 0. The predicted octanol–water partition coefficient (Wildman–Crippen LogP) is 3.17. The average molecular weight is 297 g/mol. The topological polar surface area (TPSA) is 48.1 Å². The summed E-state index contributed by atoms with van der Waals surface area (Å²) in [5.74, 6) is 0.239. The molecule has 1 aliphatic rings. The van der Waals surface area contributed by atoms with E-state index < -0.39 is 11.7 Å². The fraction of sp³-hybridized carbons (Fsp3) is 0.583. The van der Waals surface area contributed by atoms with Crippen LogP contribution in [0.4, 0.5) is 13.2 Å². The quantitative estimate of drug-likeness (QED) is 0.912. The Bertz CT molecular complexity index is 389. The van der Waals surface area contributed by atoms with E-state index in [0.717, 1.165) is 37.9 Å². The van der Waals surface area contributed by atoms with Crippen molar-refractivity contribution >= 4 is 12.4 Å². The molecule has 2 N–H and O–H groups in total. The van der Waals surface area contributed by atoms with Crippen LogP contribution in [0.3, 0.4) is 0 Å². The second-order valence-corrected chi connectivity index (χ2v) is 4.54. The Kier molecular flexibility index (Phi) is 5.43. The zero-order valence-corrected chi connectivity index (χ0v) is 11.0. The molecule has 0 saturated heterocycles. The summed E-state index contributed by atoms with van der Waals surface area (Å²) < 4.78 is 42.5. The normalized spacial score (nSPS) is 23.6. The van der Waals surface area contributed by atoms with Gasteiger partial charge >= 0.3 is 6.18 Å². The van der Waals surface area contributed by atoms with Crippen molar-refractivity contribution in [3.63, 3.8) is 0 Å². The van der Waals surface area contributed by atoms with Crippen LogP contribution in [0, 0.1) is 0 Å². The molecule has 7 heteroatoms. The number of rotatable bonds is 2. The van der Waals surface area contributed by atoms with Crippen molar-refractivity contribution in [2.24, 2.45) is 5.73 Å². The molecule has 19 heavy (non-hydrogen) atoms. The standard InChI is InChI=1S/C12H15F3N2O.ClH/c13-12(14,15)8-1-6-11(17-7-8)18-10-4-2-9(16)3-5-10;/h1,6-7,9-10H,2-5,16H2;1H/t9-,10-;. The fourth-order valence-electron chi connectivity index (χ4n) is 1.99. The van der Waals surface area contributed by atoms with E-state index in [0.29, 0.717) is 0 Å². The fourth-order valence-corrected chi connectivity index (χ4v) is 1.99. The summed E-state index contributed by atoms with van der Waals surface area (Å²) in [4.78, 5) is 3.68. The highest BCUT2D eigenvalue weighted by Gasteiger charge is 2.31. The van der Waals surface area contributed by atoms with E-state index in [1.807, 2.05) is 0 Å². The van der Waals surface area contributed by atoms with E-state index in [1.54, 1.807) is 0 Å². The van der Waals surface area contributed by atoms with Gasteiger partial charge in [-0.05, 0) is 31.7 Å². The molecular weight excluding hydrogens is 281 g/mol. The summed E-state index contributed by atoms with van der Waals surface area (Å²) >= 11 is 0. The molecule has 0 atom stereocenters. The molecule has 0 aromatic carbocycles. The maximum absolute atomic E-state index is 12.3. The monoisotopic (exact) mass is 296 g/mol. The first-order valence-corrected chi connectivity index (χ1v) is 5.90. The minimum atomic E-state index is -4.36. The van der Waals surface area contributed by atoms with Crippen LogP contribution in [-0.2, 0) is 6.18 Å². The first kappa shape index (κ1) is 16.0. The Morgan fingerprint density at radius 2 is 1.79 bits per heavy atom. The van der Waals surface area contributed by atoms with Gasteiger partial charge < -0.3 is 10.5 Å². The first-order chi connectivity index (χ1) is 8.45. The van der Waals surface area contributed by atoms with E-state index in [9.17, 15) is 13.2 Å². The Balaban J connectivity index is 0.00000180. The Hall–Kier alpha value is -1.01. The van der Waals surface area contributed by atoms with Crippen molar-refractivity contribution in [1.82, 2.24) is 4.98 Å². The van der Waals surface area contributed by atoms with E-state index in [1.165, 1.54) is 6.07 Å². The number of pyridine rings is 1. The lowest BCUT2D eigenvalue weighted by Gasteiger charge is -2.26. The molecule has 0 radical (unpaired) electrons. The number of nitrogens with two attached hydrogens (primary N) is 1. The number of hydrogen-bond acceptors (Lipinski definition) is 3. The Morgan fingerprint density at radius 3 is 2.26 bits per heavy atom. The summed E-state index contributed by atoms with van der Waals surface area (Å²) in [6.07, 6.45) is -0.147. The minimum Gasteiger partial charge on any atom is -0.474 e. The third kappa shape index (κ3) is 4.54. The van der Waals surface area contributed by atoms with Crippen LogP contribution in [-0.4, -0.2) is 17.1 Å². The van der Waals surface area contributed by atoms with Crippen LogP contribution in [0.5, 0.6) is 5.88 Å². The van der Waals surface area contributed by atoms with Gasteiger partial charge in [0.1, 0.15) is 6.10 Å². The molecule has 0 spiro atoms. The van der Waals surface area contributed by atoms with Gasteiger partial charge in [-0.15, -0.1) is 12.4 Å². The second kappa shape index (κ2) is 6.43. The number of hydrogen-bond donors (Lipinski definition) is 1. The van der Waals surface area contributed by atoms with Gasteiger partial charge in [-0.25, -0.2) is 4.98 Å². The maximum Gasteiger partial charge on any atom is 0.417 e. The molecule has 1 heterocycles. The van der Waals surface area contributed by atoms with Gasteiger partial charge in [0.2, 0.25) is 5.88 Å². The Morgan fingerprint density at radius 1 is 1.16 bits per heavy atom. The highest BCUT2D eigenvalue weighted by atomic mass is 35.5. The molecule has 108 valence electrons. The van der Waals surface area contributed by atoms with Crippen molar-refractivity contribution in [3.05, 3.63) is 23.9 Å².